The molecule has 1 amide bonds. The first-order chi connectivity index (χ1) is 12.0. The van der Waals surface area contributed by atoms with Crippen LogP contribution in [-0.2, 0) is 25.9 Å². The first-order valence-electron chi connectivity index (χ1n) is 8.57. The van der Waals surface area contributed by atoms with Gasteiger partial charge in [-0.25, -0.2) is 13.4 Å². The molecule has 0 unspecified atom stereocenters. The molecule has 0 aliphatic carbocycles. The van der Waals surface area contributed by atoms with E-state index in [1.807, 2.05) is 22.8 Å². The van der Waals surface area contributed by atoms with E-state index in [1.165, 1.54) is 0 Å². The first kappa shape index (κ1) is 16.5. The van der Waals surface area contributed by atoms with Crippen LogP contribution in [0.15, 0.2) is 24.4 Å². The lowest BCUT2D eigenvalue weighted by Crippen LogP contribution is -2.38. The van der Waals surface area contributed by atoms with Gasteiger partial charge in [0.15, 0.2) is 9.84 Å². The molecular formula is C17H21N3O4S. The molecule has 2 fully saturated rings. The minimum atomic E-state index is -3.01. The molecule has 0 aromatic carbocycles. The van der Waals surface area contributed by atoms with E-state index < -0.39 is 9.84 Å². The van der Waals surface area contributed by atoms with Crippen molar-refractivity contribution in [3.05, 3.63) is 30.1 Å². The molecule has 8 heteroatoms. The van der Waals surface area contributed by atoms with Gasteiger partial charge in [0.05, 0.1) is 17.6 Å². The van der Waals surface area contributed by atoms with Crippen LogP contribution in [0.3, 0.4) is 0 Å². The van der Waals surface area contributed by atoms with Crippen molar-refractivity contribution in [2.45, 2.75) is 38.0 Å². The summed E-state index contributed by atoms with van der Waals surface area (Å²) in [6.07, 6.45) is 4.11. The smallest absolute Gasteiger partial charge is 0.240 e. The lowest BCUT2D eigenvalue weighted by molar-refractivity contribution is -0.122. The molecule has 0 radical (unpaired) electrons. The molecule has 7 nitrogen and oxygen atoms in total. The van der Waals surface area contributed by atoms with E-state index in [2.05, 4.69) is 10.3 Å². The Kier molecular flexibility index (Phi) is 4.24. The summed E-state index contributed by atoms with van der Waals surface area (Å²) in [6.45, 7) is 0.845. The number of fused-ring (bicyclic) bond motifs is 1. The predicted octanol–water partition coefficient (Wildman–Crippen LogP) is 1.19. The van der Waals surface area contributed by atoms with Crippen LogP contribution in [-0.4, -0.2) is 48.0 Å². The highest BCUT2D eigenvalue weighted by Gasteiger charge is 2.30. The lowest BCUT2D eigenvalue weighted by atomic mass is 10.2. The highest BCUT2D eigenvalue weighted by molar-refractivity contribution is 7.91. The summed E-state index contributed by atoms with van der Waals surface area (Å²) < 4.78 is 30.8. The van der Waals surface area contributed by atoms with Gasteiger partial charge in [-0.2, -0.15) is 0 Å². The molecule has 2 atom stereocenters. The van der Waals surface area contributed by atoms with E-state index in [9.17, 15) is 13.2 Å². The molecule has 2 aromatic rings. The van der Waals surface area contributed by atoms with Gasteiger partial charge in [0.1, 0.15) is 12.2 Å². The van der Waals surface area contributed by atoms with E-state index >= 15 is 0 Å². The molecule has 0 bridgehead atoms. The van der Waals surface area contributed by atoms with Gasteiger partial charge in [0.25, 0.3) is 0 Å². The number of hydrogen-bond acceptors (Lipinski definition) is 5. The number of sulfone groups is 1. The molecule has 0 saturated carbocycles. The molecule has 134 valence electrons. The van der Waals surface area contributed by atoms with E-state index in [0.29, 0.717) is 6.42 Å². The molecule has 2 aromatic heterocycles. The van der Waals surface area contributed by atoms with Crippen molar-refractivity contribution in [3.63, 3.8) is 0 Å². The number of hydrogen-bond donors (Lipinski definition) is 1. The van der Waals surface area contributed by atoms with Crippen LogP contribution >= 0.6 is 0 Å². The van der Waals surface area contributed by atoms with Crippen LogP contribution in [0.1, 0.15) is 31.1 Å². The average Bonchev–Trinajstić information content (AvgIpc) is 3.27. The standard InChI is InChI=1S/C17H21N3O4S/c21-16(19-13-5-8-25(22,23)11-13)10-20-14(15-4-2-7-24-15)9-12-3-1-6-18-17(12)20/h1,3,6,9,13,15H,2,4-5,7-8,10-11H2,(H,19,21)/t13-,15-/m1/s1. The van der Waals surface area contributed by atoms with Crippen LogP contribution in [0.4, 0.5) is 0 Å². The van der Waals surface area contributed by atoms with Gasteiger partial charge < -0.3 is 14.6 Å². The summed E-state index contributed by atoms with van der Waals surface area (Å²) >= 11 is 0. The summed E-state index contributed by atoms with van der Waals surface area (Å²) in [5, 5.41) is 3.82. The maximum Gasteiger partial charge on any atom is 0.240 e. The van der Waals surface area contributed by atoms with Crippen molar-refractivity contribution >= 4 is 26.8 Å². The Bertz CT molecular complexity index is 900. The predicted molar refractivity (Wildman–Crippen MR) is 92.9 cm³/mol. The zero-order valence-electron chi connectivity index (χ0n) is 13.8. The molecular weight excluding hydrogens is 342 g/mol. The van der Waals surface area contributed by atoms with Gasteiger partial charge in [-0.3, -0.25) is 4.79 Å². The Morgan fingerprint density at radius 1 is 1.40 bits per heavy atom. The second kappa shape index (κ2) is 6.42. The maximum atomic E-state index is 12.5. The Morgan fingerprint density at radius 2 is 2.28 bits per heavy atom. The molecule has 2 aliphatic heterocycles. The molecule has 4 heterocycles. The number of carbonyl (C=O) groups is 1. The molecule has 0 spiro atoms. The zero-order valence-corrected chi connectivity index (χ0v) is 14.7. The first-order valence-corrected chi connectivity index (χ1v) is 10.4. The monoisotopic (exact) mass is 363 g/mol. The van der Waals surface area contributed by atoms with Crippen LogP contribution in [0.2, 0.25) is 0 Å². The molecule has 2 aliphatic rings. The van der Waals surface area contributed by atoms with Gasteiger partial charge in [0, 0.05) is 29.9 Å². The topological polar surface area (TPSA) is 90.3 Å². The van der Waals surface area contributed by atoms with Gasteiger partial charge in [0.2, 0.25) is 5.91 Å². The fraction of sp³-hybridized carbons (Fsp3) is 0.529. The van der Waals surface area contributed by atoms with Gasteiger partial charge >= 0.3 is 0 Å². The number of nitrogens with one attached hydrogen (secondary N) is 1. The van der Waals surface area contributed by atoms with Gasteiger partial charge in [-0.1, -0.05) is 0 Å². The van der Waals surface area contributed by atoms with Crippen LogP contribution in [0.25, 0.3) is 11.0 Å². The van der Waals surface area contributed by atoms with Crippen LogP contribution in [0.5, 0.6) is 0 Å². The Morgan fingerprint density at radius 3 is 3.00 bits per heavy atom. The van der Waals surface area contributed by atoms with E-state index in [0.717, 1.165) is 36.2 Å². The number of nitrogens with zero attached hydrogens (tertiary/aromatic N) is 2. The fourth-order valence-electron chi connectivity index (χ4n) is 3.68. The number of carbonyl (C=O) groups excluding carboxylic acids is 1. The highest BCUT2D eigenvalue weighted by Crippen LogP contribution is 2.32. The maximum absolute atomic E-state index is 12.5. The van der Waals surface area contributed by atoms with Gasteiger partial charge in [-0.15, -0.1) is 0 Å². The molecule has 2 saturated heterocycles. The van der Waals surface area contributed by atoms with Crippen LogP contribution in [0, 0.1) is 0 Å². The summed E-state index contributed by atoms with van der Waals surface area (Å²) in [6, 6.07) is 5.58. The van der Waals surface area contributed by atoms with Crippen molar-refractivity contribution in [2.75, 3.05) is 18.1 Å². The normalized spacial score (nSPS) is 25.4. The SMILES string of the molecule is O=C(Cn1c([C@H]2CCCO2)cc2cccnc21)N[C@@H]1CCS(=O)(=O)C1. The Hall–Kier alpha value is -1.93. The second-order valence-electron chi connectivity index (χ2n) is 6.74. The third kappa shape index (κ3) is 3.41. The van der Waals surface area contributed by atoms with E-state index in [1.54, 1.807) is 6.20 Å². The number of ether oxygens (including phenoxy) is 1. The quantitative estimate of drug-likeness (QED) is 0.881. The molecule has 25 heavy (non-hydrogen) atoms. The van der Waals surface area contributed by atoms with Crippen LogP contribution < -0.4 is 5.32 Å². The Balaban J connectivity index is 1.57. The Labute approximate surface area is 146 Å². The number of pyridine rings is 1. The van der Waals surface area contributed by atoms with Crippen molar-refractivity contribution in [1.82, 2.24) is 14.9 Å². The average molecular weight is 363 g/mol. The summed E-state index contributed by atoms with van der Waals surface area (Å²) in [5.74, 6) is -0.0146. The van der Waals surface area contributed by atoms with E-state index in [-0.39, 0.29) is 36.1 Å². The van der Waals surface area contributed by atoms with Crippen molar-refractivity contribution in [1.29, 1.82) is 0 Å². The molecule has 1 N–H and O–H groups in total. The second-order valence-corrected chi connectivity index (χ2v) is 8.97. The minimum absolute atomic E-state index is 0.0196. The fourth-order valence-corrected chi connectivity index (χ4v) is 5.35. The summed E-state index contributed by atoms with van der Waals surface area (Å²) in [7, 11) is -3.01. The number of rotatable bonds is 4. The van der Waals surface area contributed by atoms with Crippen molar-refractivity contribution < 1.29 is 17.9 Å². The van der Waals surface area contributed by atoms with Gasteiger partial charge in [-0.05, 0) is 37.5 Å². The zero-order chi connectivity index (χ0) is 17.4. The van der Waals surface area contributed by atoms with Crippen molar-refractivity contribution in [3.8, 4) is 0 Å². The third-order valence-corrected chi connectivity index (χ3v) is 6.61. The third-order valence-electron chi connectivity index (χ3n) is 4.85. The number of aromatic nitrogens is 2. The highest BCUT2D eigenvalue weighted by atomic mass is 32.2. The largest absolute Gasteiger partial charge is 0.372 e. The summed E-state index contributed by atoms with van der Waals surface area (Å²) in [5.41, 5.74) is 1.71. The lowest BCUT2D eigenvalue weighted by Gasteiger charge is -2.16. The summed E-state index contributed by atoms with van der Waals surface area (Å²) in [4.78, 5) is 16.9. The molecule has 4 rings (SSSR count). The van der Waals surface area contributed by atoms with Crippen molar-refractivity contribution in [2.24, 2.45) is 0 Å². The minimum Gasteiger partial charge on any atom is -0.372 e. The van der Waals surface area contributed by atoms with E-state index in [4.69, 9.17) is 4.74 Å². The number of amides is 1.